The van der Waals surface area contributed by atoms with E-state index in [1.54, 1.807) is 36.5 Å². The molecule has 2 heterocycles. The first-order valence-electron chi connectivity index (χ1n) is 9.24. The lowest BCUT2D eigenvalue weighted by molar-refractivity contribution is 0.0697. The summed E-state index contributed by atoms with van der Waals surface area (Å²) in [5.74, 6) is 1.48. The number of furan rings is 1. The molecule has 0 aliphatic heterocycles. The number of carboxylic acids is 1. The van der Waals surface area contributed by atoms with E-state index < -0.39 is 5.97 Å². The van der Waals surface area contributed by atoms with E-state index in [0.29, 0.717) is 22.5 Å². The van der Waals surface area contributed by atoms with Gasteiger partial charge in [-0.25, -0.2) is 14.8 Å². The van der Waals surface area contributed by atoms with Crippen molar-refractivity contribution in [2.75, 3.05) is 5.73 Å². The number of carbonyl (C=O) groups is 1. The maximum Gasteiger partial charge on any atom is 0.335 e. The fourth-order valence-corrected chi connectivity index (χ4v) is 3.86. The summed E-state index contributed by atoms with van der Waals surface area (Å²) in [6.45, 7) is 2.03. The zero-order chi connectivity index (χ0) is 21.1. The maximum absolute atomic E-state index is 11.2. The van der Waals surface area contributed by atoms with Gasteiger partial charge in [-0.1, -0.05) is 47.7 Å². The van der Waals surface area contributed by atoms with E-state index in [0.717, 1.165) is 28.0 Å². The Morgan fingerprint density at radius 3 is 2.60 bits per heavy atom. The van der Waals surface area contributed by atoms with Gasteiger partial charge in [0.25, 0.3) is 0 Å². The van der Waals surface area contributed by atoms with Crippen LogP contribution in [0.4, 0.5) is 5.82 Å². The topological polar surface area (TPSA) is 102 Å². The maximum atomic E-state index is 11.2. The zero-order valence-corrected chi connectivity index (χ0v) is 17.0. The summed E-state index contributed by atoms with van der Waals surface area (Å²) in [6.07, 6.45) is 1.63. The van der Waals surface area contributed by atoms with Crippen LogP contribution in [0.3, 0.4) is 0 Å². The quantitative estimate of drug-likeness (QED) is 0.325. The molecule has 0 radical (unpaired) electrons. The molecule has 0 amide bonds. The Morgan fingerprint density at radius 1 is 1.10 bits per heavy atom. The molecule has 2 aromatic heterocycles. The summed E-state index contributed by atoms with van der Waals surface area (Å²) in [4.78, 5) is 19.6. The summed E-state index contributed by atoms with van der Waals surface area (Å²) in [5, 5.41) is 9.75. The second kappa shape index (κ2) is 8.42. The Morgan fingerprint density at radius 2 is 1.90 bits per heavy atom. The van der Waals surface area contributed by atoms with Gasteiger partial charge in [-0.3, -0.25) is 0 Å². The number of nitrogen functional groups attached to an aromatic ring is 1. The van der Waals surface area contributed by atoms with Gasteiger partial charge < -0.3 is 15.3 Å². The number of aromatic nitrogens is 2. The second-order valence-corrected chi connectivity index (χ2v) is 7.71. The highest BCUT2D eigenvalue weighted by molar-refractivity contribution is 7.98. The van der Waals surface area contributed by atoms with E-state index in [2.05, 4.69) is 16.0 Å². The van der Waals surface area contributed by atoms with Crippen LogP contribution >= 0.6 is 11.8 Å². The number of benzene rings is 2. The lowest BCUT2D eigenvalue weighted by atomic mass is 10.1. The van der Waals surface area contributed by atoms with Crippen molar-refractivity contribution in [2.45, 2.75) is 17.8 Å². The molecule has 0 fully saturated rings. The smallest absolute Gasteiger partial charge is 0.335 e. The van der Waals surface area contributed by atoms with Crippen LogP contribution in [0.1, 0.15) is 21.5 Å². The molecule has 6 nitrogen and oxygen atoms in total. The third-order valence-corrected chi connectivity index (χ3v) is 5.43. The summed E-state index contributed by atoms with van der Waals surface area (Å²) in [6, 6.07) is 18.4. The number of aryl methyl sites for hydroxylation is 1. The van der Waals surface area contributed by atoms with Crippen LogP contribution in [-0.2, 0) is 5.75 Å². The van der Waals surface area contributed by atoms with E-state index in [9.17, 15) is 4.79 Å². The first-order chi connectivity index (χ1) is 14.5. The first-order valence-corrected chi connectivity index (χ1v) is 10.2. The second-order valence-electron chi connectivity index (χ2n) is 6.77. The van der Waals surface area contributed by atoms with Crippen LogP contribution in [0.15, 0.2) is 76.4 Å². The van der Waals surface area contributed by atoms with Gasteiger partial charge in [0.1, 0.15) is 17.3 Å². The molecular formula is C23H19N3O3S. The van der Waals surface area contributed by atoms with Crippen molar-refractivity contribution in [3.8, 4) is 22.6 Å². The van der Waals surface area contributed by atoms with Crippen molar-refractivity contribution >= 4 is 23.5 Å². The lowest BCUT2D eigenvalue weighted by Crippen LogP contribution is -1.95. The third-order valence-electron chi connectivity index (χ3n) is 4.52. The number of nitrogens with zero attached hydrogens (tertiary/aromatic N) is 2. The summed E-state index contributed by atoms with van der Waals surface area (Å²) >= 11 is 1.46. The molecule has 0 bridgehead atoms. The van der Waals surface area contributed by atoms with Gasteiger partial charge in [0, 0.05) is 28.6 Å². The van der Waals surface area contributed by atoms with E-state index in [1.807, 2.05) is 31.2 Å². The molecule has 4 rings (SSSR count). The van der Waals surface area contributed by atoms with E-state index in [-0.39, 0.29) is 5.56 Å². The zero-order valence-electron chi connectivity index (χ0n) is 16.2. The van der Waals surface area contributed by atoms with Crippen LogP contribution in [0.5, 0.6) is 0 Å². The Hall–Kier alpha value is -3.58. The SMILES string of the molecule is Cc1cccc(-c2cc(CSc3nccc(N)n3)c(-c3ccc(C(=O)O)cc3)o2)c1. The van der Waals surface area contributed by atoms with Gasteiger partial charge in [0.15, 0.2) is 5.16 Å². The van der Waals surface area contributed by atoms with Crippen molar-refractivity contribution in [1.82, 2.24) is 9.97 Å². The summed E-state index contributed by atoms with van der Waals surface area (Å²) < 4.78 is 6.23. The molecular weight excluding hydrogens is 398 g/mol. The van der Waals surface area contributed by atoms with Crippen molar-refractivity contribution in [3.05, 3.63) is 83.6 Å². The van der Waals surface area contributed by atoms with Crippen molar-refractivity contribution < 1.29 is 14.3 Å². The average Bonchev–Trinajstić information content (AvgIpc) is 3.17. The molecule has 0 unspecified atom stereocenters. The summed E-state index contributed by atoms with van der Waals surface area (Å²) in [5.41, 5.74) is 9.87. The van der Waals surface area contributed by atoms with Crippen LogP contribution in [0.2, 0.25) is 0 Å². The highest BCUT2D eigenvalue weighted by atomic mass is 32.2. The standard InChI is InChI=1S/C23H19N3O3S/c1-14-3-2-4-17(11-14)19-12-18(13-30-23-25-10-9-20(24)26-23)21(29-19)15-5-7-16(8-6-15)22(27)28/h2-12H,13H2,1H3,(H,27,28)(H2,24,25,26). The van der Waals surface area contributed by atoms with Gasteiger partial charge in [0.2, 0.25) is 0 Å². The molecule has 2 aromatic carbocycles. The van der Waals surface area contributed by atoms with Crippen molar-refractivity contribution in [2.24, 2.45) is 0 Å². The van der Waals surface area contributed by atoms with Crippen molar-refractivity contribution in [3.63, 3.8) is 0 Å². The molecule has 7 heteroatoms. The Labute approximate surface area is 177 Å². The number of rotatable bonds is 6. The fourth-order valence-electron chi connectivity index (χ4n) is 3.05. The number of carboxylic acid groups (broad SMARTS) is 1. The minimum absolute atomic E-state index is 0.230. The minimum Gasteiger partial charge on any atom is -0.478 e. The van der Waals surface area contributed by atoms with Gasteiger partial charge >= 0.3 is 5.97 Å². The lowest BCUT2D eigenvalue weighted by Gasteiger charge is -2.04. The monoisotopic (exact) mass is 417 g/mol. The van der Waals surface area contributed by atoms with Crippen LogP contribution in [-0.4, -0.2) is 21.0 Å². The molecule has 150 valence electrons. The highest BCUT2D eigenvalue weighted by Crippen LogP contribution is 2.36. The molecule has 4 aromatic rings. The number of aromatic carboxylic acids is 1. The molecule has 30 heavy (non-hydrogen) atoms. The average molecular weight is 417 g/mol. The molecule has 0 aliphatic carbocycles. The van der Waals surface area contributed by atoms with Crippen LogP contribution < -0.4 is 5.73 Å². The Balaban J connectivity index is 1.71. The van der Waals surface area contributed by atoms with Gasteiger partial charge in [-0.15, -0.1) is 0 Å². The van der Waals surface area contributed by atoms with E-state index >= 15 is 0 Å². The van der Waals surface area contributed by atoms with E-state index in [1.165, 1.54) is 11.8 Å². The van der Waals surface area contributed by atoms with Crippen molar-refractivity contribution in [1.29, 1.82) is 0 Å². The summed E-state index contributed by atoms with van der Waals surface area (Å²) in [7, 11) is 0. The molecule has 0 atom stereocenters. The molecule has 3 N–H and O–H groups in total. The Bertz CT molecular complexity index is 1200. The molecule has 0 saturated heterocycles. The normalized spacial score (nSPS) is 10.8. The predicted octanol–water partition coefficient (Wildman–Crippen LogP) is 5.28. The number of anilines is 1. The molecule has 0 spiro atoms. The Kier molecular flexibility index (Phi) is 5.54. The predicted molar refractivity (Wildman–Crippen MR) is 117 cm³/mol. The fraction of sp³-hybridized carbons (Fsp3) is 0.0870. The largest absolute Gasteiger partial charge is 0.478 e. The molecule has 0 aliphatic rings. The highest BCUT2D eigenvalue weighted by Gasteiger charge is 2.16. The number of nitrogens with two attached hydrogens (primary N) is 1. The number of hydrogen-bond acceptors (Lipinski definition) is 6. The third kappa shape index (κ3) is 4.36. The molecule has 0 saturated carbocycles. The minimum atomic E-state index is -0.962. The first kappa shape index (κ1) is 19.7. The van der Waals surface area contributed by atoms with Crippen LogP contribution in [0, 0.1) is 6.92 Å². The van der Waals surface area contributed by atoms with Gasteiger partial charge in [0.05, 0.1) is 5.56 Å². The van der Waals surface area contributed by atoms with Gasteiger partial charge in [-0.05, 0) is 37.3 Å². The van der Waals surface area contributed by atoms with Crippen LogP contribution in [0.25, 0.3) is 22.6 Å². The van der Waals surface area contributed by atoms with Gasteiger partial charge in [-0.2, -0.15) is 0 Å². The number of thioether (sulfide) groups is 1. The number of hydrogen-bond donors (Lipinski definition) is 2. The van der Waals surface area contributed by atoms with E-state index in [4.69, 9.17) is 15.3 Å².